The van der Waals surface area contributed by atoms with Crippen molar-refractivity contribution in [2.75, 3.05) is 40.0 Å². The first kappa shape index (κ1) is 17.2. The monoisotopic (exact) mass is 346 g/mol. The summed E-state index contributed by atoms with van der Waals surface area (Å²) in [5.41, 5.74) is 1.12. The highest BCUT2D eigenvalue weighted by atomic mass is 79.9. The van der Waals surface area contributed by atoms with Gasteiger partial charge >= 0.3 is 0 Å². The predicted molar refractivity (Wildman–Crippen MR) is 83.5 cm³/mol. The normalized spacial score (nSPS) is 10.6. The molecule has 0 saturated carbocycles. The number of hydrogen-bond acceptors (Lipinski definition) is 5. The molecular weight excluding hydrogens is 324 g/mol. The highest BCUT2D eigenvalue weighted by Crippen LogP contribution is 2.33. The van der Waals surface area contributed by atoms with Crippen molar-refractivity contribution in [2.24, 2.45) is 0 Å². The molecule has 0 aliphatic carbocycles. The lowest BCUT2D eigenvalue weighted by molar-refractivity contribution is 0.292. The van der Waals surface area contributed by atoms with Gasteiger partial charge in [-0.1, -0.05) is 15.9 Å². The SMILES string of the molecule is CCOc1cc(CNCCNCCO)c(Br)cc1OC. The molecule has 20 heavy (non-hydrogen) atoms. The Hall–Kier alpha value is -0.820. The van der Waals surface area contributed by atoms with Crippen LogP contribution in [0.4, 0.5) is 0 Å². The van der Waals surface area contributed by atoms with Gasteiger partial charge in [0.15, 0.2) is 11.5 Å². The van der Waals surface area contributed by atoms with E-state index < -0.39 is 0 Å². The zero-order chi connectivity index (χ0) is 14.8. The van der Waals surface area contributed by atoms with Gasteiger partial charge in [-0.2, -0.15) is 0 Å². The molecule has 0 heterocycles. The topological polar surface area (TPSA) is 62.8 Å². The Labute approximate surface area is 128 Å². The molecule has 1 aromatic carbocycles. The molecule has 0 amide bonds. The van der Waals surface area contributed by atoms with Gasteiger partial charge in [-0.15, -0.1) is 0 Å². The molecule has 0 aromatic heterocycles. The number of nitrogens with one attached hydrogen (secondary N) is 2. The van der Waals surface area contributed by atoms with Gasteiger partial charge in [0.2, 0.25) is 0 Å². The van der Waals surface area contributed by atoms with Crippen molar-refractivity contribution in [3.63, 3.8) is 0 Å². The molecule has 3 N–H and O–H groups in total. The molecule has 1 aromatic rings. The summed E-state index contributed by atoms with van der Waals surface area (Å²) in [6, 6.07) is 3.91. The summed E-state index contributed by atoms with van der Waals surface area (Å²) in [5, 5.41) is 15.1. The summed E-state index contributed by atoms with van der Waals surface area (Å²) < 4.78 is 11.9. The molecule has 0 unspecified atom stereocenters. The van der Waals surface area contributed by atoms with Gasteiger partial charge in [0, 0.05) is 30.7 Å². The molecule has 0 atom stereocenters. The highest BCUT2D eigenvalue weighted by molar-refractivity contribution is 9.10. The minimum atomic E-state index is 0.168. The van der Waals surface area contributed by atoms with Crippen molar-refractivity contribution >= 4 is 15.9 Å². The van der Waals surface area contributed by atoms with Crippen molar-refractivity contribution in [2.45, 2.75) is 13.5 Å². The summed E-state index contributed by atoms with van der Waals surface area (Å²) in [4.78, 5) is 0. The average molecular weight is 347 g/mol. The van der Waals surface area contributed by atoms with Crippen LogP contribution in [-0.2, 0) is 6.54 Å². The second-order valence-corrected chi connectivity index (χ2v) is 5.03. The molecular formula is C14H23BrN2O3. The molecule has 0 bridgehead atoms. The van der Waals surface area contributed by atoms with E-state index in [1.54, 1.807) is 7.11 Å². The fourth-order valence-electron chi connectivity index (χ4n) is 1.74. The zero-order valence-electron chi connectivity index (χ0n) is 12.0. The molecule has 0 aliphatic rings. The summed E-state index contributed by atoms with van der Waals surface area (Å²) in [6.07, 6.45) is 0. The molecule has 6 heteroatoms. The van der Waals surface area contributed by atoms with Gasteiger partial charge < -0.3 is 25.2 Å². The Morgan fingerprint density at radius 3 is 2.55 bits per heavy atom. The Balaban J connectivity index is 2.54. The zero-order valence-corrected chi connectivity index (χ0v) is 13.6. The summed E-state index contributed by atoms with van der Waals surface area (Å²) in [5.74, 6) is 1.49. The van der Waals surface area contributed by atoms with Crippen LogP contribution in [0.5, 0.6) is 11.5 Å². The molecule has 114 valence electrons. The summed E-state index contributed by atoms with van der Waals surface area (Å²) in [6.45, 7) is 5.76. The molecule has 0 fully saturated rings. The van der Waals surface area contributed by atoms with E-state index in [2.05, 4.69) is 26.6 Å². The first-order valence-electron chi connectivity index (χ1n) is 6.74. The van der Waals surface area contributed by atoms with Gasteiger partial charge in [0.05, 0.1) is 20.3 Å². The third-order valence-electron chi connectivity index (χ3n) is 2.72. The van der Waals surface area contributed by atoms with Crippen LogP contribution in [0.1, 0.15) is 12.5 Å². The van der Waals surface area contributed by atoms with Gasteiger partial charge in [-0.3, -0.25) is 0 Å². The van der Waals surface area contributed by atoms with Crippen LogP contribution in [-0.4, -0.2) is 45.1 Å². The van der Waals surface area contributed by atoms with E-state index in [4.69, 9.17) is 14.6 Å². The van der Waals surface area contributed by atoms with Crippen LogP contribution in [0, 0.1) is 0 Å². The maximum absolute atomic E-state index is 8.65. The molecule has 1 rings (SSSR count). The largest absolute Gasteiger partial charge is 0.493 e. The predicted octanol–water partition coefficient (Wildman–Crippen LogP) is 1.53. The fourth-order valence-corrected chi connectivity index (χ4v) is 2.21. The first-order valence-corrected chi connectivity index (χ1v) is 7.53. The molecule has 5 nitrogen and oxygen atoms in total. The maximum Gasteiger partial charge on any atom is 0.161 e. The van der Waals surface area contributed by atoms with Crippen LogP contribution in [0.25, 0.3) is 0 Å². The number of methoxy groups -OCH3 is 1. The summed E-state index contributed by atoms with van der Waals surface area (Å²) >= 11 is 3.54. The van der Waals surface area contributed by atoms with Gasteiger partial charge in [0.1, 0.15) is 0 Å². The number of benzene rings is 1. The Bertz CT molecular complexity index is 402. The number of aliphatic hydroxyl groups is 1. The first-order chi connectivity index (χ1) is 9.72. The van der Waals surface area contributed by atoms with Crippen LogP contribution in [0.2, 0.25) is 0 Å². The van der Waals surface area contributed by atoms with Crippen LogP contribution in [0.3, 0.4) is 0 Å². The molecule has 0 aliphatic heterocycles. The van der Waals surface area contributed by atoms with Crippen LogP contribution in [0.15, 0.2) is 16.6 Å². The standard InChI is InChI=1S/C14H23BrN2O3/c1-3-20-14-8-11(12(15)9-13(14)19-2)10-17-5-4-16-6-7-18/h8-9,16-18H,3-7,10H2,1-2H3. The minimum Gasteiger partial charge on any atom is -0.493 e. The second kappa shape index (κ2) is 9.99. The van der Waals surface area contributed by atoms with E-state index >= 15 is 0 Å². The lowest BCUT2D eigenvalue weighted by Gasteiger charge is -2.13. The van der Waals surface area contributed by atoms with E-state index in [1.807, 2.05) is 19.1 Å². The average Bonchev–Trinajstić information content (AvgIpc) is 2.45. The van der Waals surface area contributed by atoms with E-state index in [1.165, 1.54) is 0 Å². The van der Waals surface area contributed by atoms with Crippen molar-refractivity contribution < 1.29 is 14.6 Å². The number of hydrogen-bond donors (Lipinski definition) is 3. The van der Waals surface area contributed by atoms with Crippen molar-refractivity contribution in [3.05, 3.63) is 22.2 Å². The van der Waals surface area contributed by atoms with Gasteiger partial charge in [-0.05, 0) is 24.6 Å². The minimum absolute atomic E-state index is 0.168. The number of rotatable bonds is 10. The molecule has 0 spiro atoms. The Morgan fingerprint density at radius 2 is 1.90 bits per heavy atom. The number of halogens is 1. The van der Waals surface area contributed by atoms with Crippen LogP contribution < -0.4 is 20.1 Å². The second-order valence-electron chi connectivity index (χ2n) is 4.18. The lowest BCUT2D eigenvalue weighted by Crippen LogP contribution is -2.28. The van der Waals surface area contributed by atoms with Crippen molar-refractivity contribution in [1.82, 2.24) is 10.6 Å². The van der Waals surface area contributed by atoms with E-state index in [0.717, 1.165) is 41.2 Å². The summed E-state index contributed by atoms with van der Waals surface area (Å²) in [7, 11) is 1.63. The van der Waals surface area contributed by atoms with E-state index in [0.29, 0.717) is 13.2 Å². The van der Waals surface area contributed by atoms with Crippen molar-refractivity contribution in [3.8, 4) is 11.5 Å². The van der Waals surface area contributed by atoms with E-state index in [9.17, 15) is 0 Å². The maximum atomic E-state index is 8.65. The smallest absolute Gasteiger partial charge is 0.161 e. The van der Waals surface area contributed by atoms with Crippen LogP contribution >= 0.6 is 15.9 Å². The van der Waals surface area contributed by atoms with Crippen molar-refractivity contribution in [1.29, 1.82) is 0 Å². The number of aliphatic hydroxyl groups excluding tert-OH is 1. The third kappa shape index (κ3) is 5.66. The fraction of sp³-hybridized carbons (Fsp3) is 0.571. The number of ether oxygens (including phenoxy) is 2. The third-order valence-corrected chi connectivity index (χ3v) is 3.45. The van der Waals surface area contributed by atoms with Gasteiger partial charge in [-0.25, -0.2) is 0 Å². The molecule has 0 saturated heterocycles. The quantitative estimate of drug-likeness (QED) is 0.561. The van der Waals surface area contributed by atoms with Gasteiger partial charge in [0.25, 0.3) is 0 Å². The molecule has 0 radical (unpaired) electrons. The lowest BCUT2D eigenvalue weighted by atomic mass is 10.2. The Kier molecular flexibility index (Phi) is 8.60. The highest BCUT2D eigenvalue weighted by Gasteiger charge is 2.09. The van der Waals surface area contributed by atoms with E-state index in [-0.39, 0.29) is 6.61 Å². The Morgan fingerprint density at radius 1 is 1.15 bits per heavy atom.